The molecule has 0 fully saturated rings. The summed E-state index contributed by atoms with van der Waals surface area (Å²) in [4.78, 5) is 10.9. The van der Waals surface area contributed by atoms with Gasteiger partial charge in [-0.2, -0.15) is 13.2 Å². The largest absolute Gasteiger partial charge is 0.466 e. The molecule has 0 aromatic rings. The van der Waals surface area contributed by atoms with Crippen LogP contribution in [0.4, 0.5) is 13.2 Å². The van der Waals surface area contributed by atoms with Crippen LogP contribution in [0.2, 0.25) is 0 Å². The lowest BCUT2D eigenvalue weighted by molar-refractivity contribution is -0.174. The van der Waals surface area contributed by atoms with Gasteiger partial charge in [0.15, 0.2) is 0 Å². The summed E-state index contributed by atoms with van der Waals surface area (Å²) in [5.41, 5.74) is 0. The Hall–Kier alpha value is -0.820. The number of carbonyl (C=O) groups is 1. The third kappa shape index (κ3) is 13.1. The van der Waals surface area contributed by atoms with Gasteiger partial charge < -0.3 is 14.8 Å². The molecule has 0 atom stereocenters. The van der Waals surface area contributed by atoms with Crippen LogP contribution in [0.25, 0.3) is 0 Å². The van der Waals surface area contributed by atoms with E-state index in [1.807, 2.05) is 0 Å². The first-order valence-electron chi connectivity index (χ1n) is 5.46. The van der Waals surface area contributed by atoms with Crippen LogP contribution in [0.5, 0.6) is 0 Å². The molecule has 0 bridgehead atoms. The fourth-order valence-electron chi connectivity index (χ4n) is 1.04. The van der Waals surface area contributed by atoms with Gasteiger partial charge in [0.05, 0.1) is 13.0 Å². The Bertz CT molecular complexity index is 209. The summed E-state index contributed by atoms with van der Waals surface area (Å²) in [5.74, 6) is -0.284. The summed E-state index contributed by atoms with van der Waals surface area (Å²) < 4.78 is 44.1. The zero-order chi connectivity index (χ0) is 13.1. The molecule has 0 aromatic heterocycles. The van der Waals surface area contributed by atoms with Crippen molar-refractivity contribution in [1.82, 2.24) is 5.32 Å². The molecule has 4 nitrogen and oxygen atoms in total. The van der Waals surface area contributed by atoms with E-state index >= 15 is 0 Å². The van der Waals surface area contributed by atoms with Crippen LogP contribution in [-0.2, 0) is 14.3 Å². The van der Waals surface area contributed by atoms with Gasteiger partial charge in [-0.05, 0) is 19.9 Å². The van der Waals surface area contributed by atoms with E-state index in [0.29, 0.717) is 26.1 Å². The van der Waals surface area contributed by atoms with Crippen LogP contribution >= 0.6 is 0 Å². The van der Waals surface area contributed by atoms with Gasteiger partial charge in [0.2, 0.25) is 0 Å². The van der Waals surface area contributed by atoms with E-state index in [-0.39, 0.29) is 19.0 Å². The van der Waals surface area contributed by atoms with Crippen molar-refractivity contribution >= 4 is 5.97 Å². The highest BCUT2D eigenvalue weighted by Gasteiger charge is 2.27. The molecule has 0 unspecified atom stereocenters. The van der Waals surface area contributed by atoms with Gasteiger partial charge in [-0.25, -0.2) is 0 Å². The minimum Gasteiger partial charge on any atom is -0.466 e. The third-order valence-electron chi connectivity index (χ3n) is 1.72. The minimum absolute atomic E-state index is 0.0475. The van der Waals surface area contributed by atoms with E-state index in [4.69, 9.17) is 4.74 Å². The number of hydrogen-bond acceptors (Lipinski definition) is 4. The molecule has 0 spiro atoms. The van der Waals surface area contributed by atoms with E-state index in [1.165, 1.54) is 0 Å². The maximum absolute atomic E-state index is 11.7. The molecule has 0 aliphatic heterocycles. The summed E-state index contributed by atoms with van der Waals surface area (Å²) in [6, 6.07) is 0. The standard InChI is InChI=1S/C10H18F3NO3/c1-2-17-9(15)4-6-14-5-3-7-16-8-10(11,12)13/h14H,2-8H2,1H3. The van der Waals surface area contributed by atoms with Gasteiger partial charge in [0.25, 0.3) is 0 Å². The SMILES string of the molecule is CCOC(=O)CCNCCCOCC(F)(F)F. The van der Waals surface area contributed by atoms with Gasteiger partial charge in [-0.3, -0.25) is 4.79 Å². The normalized spacial score (nSPS) is 11.5. The van der Waals surface area contributed by atoms with E-state index < -0.39 is 12.8 Å². The molecular weight excluding hydrogens is 239 g/mol. The summed E-state index contributed by atoms with van der Waals surface area (Å²) in [6.45, 7) is 1.88. The summed E-state index contributed by atoms with van der Waals surface area (Å²) in [7, 11) is 0. The Morgan fingerprint density at radius 1 is 1.29 bits per heavy atom. The molecule has 7 heteroatoms. The number of esters is 1. The van der Waals surface area contributed by atoms with Crippen LogP contribution in [0, 0.1) is 0 Å². The van der Waals surface area contributed by atoms with Gasteiger partial charge in [-0.1, -0.05) is 0 Å². The van der Waals surface area contributed by atoms with Gasteiger partial charge in [0.1, 0.15) is 6.61 Å². The zero-order valence-electron chi connectivity index (χ0n) is 9.81. The molecule has 1 N–H and O–H groups in total. The average Bonchev–Trinajstić information content (AvgIpc) is 2.21. The predicted octanol–water partition coefficient (Wildman–Crippen LogP) is 1.50. The monoisotopic (exact) mass is 257 g/mol. The summed E-state index contributed by atoms with van der Waals surface area (Å²) >= 11 is 0. The lowest BCUT2D eigenvalue weighted by Gasteiger charge is -2.08. The van der Waals surface area contributed by atoms with E-state index in [1.54, 1.807) is 6.92 Å². The van der Waals surface area contributed by atoms with Crippen molar-refractivity contribution < 1.29 is 27.4 Å². The van der Waals surface area contributed by atoms with E-state index in [2.05, 4.69) is 10.1 Å². The summed E-state index contributed by atoms with van der Waals surface area (Å²) in [5, 5.41) is 2.91. The topological polar surface area (TPSA) is 47.6 Å². The molecule has 0 aliphatic carbocycles. The zero-order valence-corrected chi connectivity index (χ0v) is 9.81. The summed E-state index contributed by atoms with van der Waals surface area (Å²) in [6.07, 6.45) is -3.53. The van der Waals surface area contributed by atoms with Crippen molar-refractivity contribution in [2.45, 2.75) is 25.9 Å². The minimum atomic E-state index is -4.27. The molecule has 0 saturated heterocycles. The highest BCUT2D eigenvalue weighted by molar-refractivity contribution is 5.69. The second-order valence-corrected chi connectivity index (χ2v) is 3.33. The molecule has 0 amide bonds. The molecule has 0 rings (SSSR count). The Morgan fingerprint density at radius 2 is 2.00 bits per heavy atom. The number of alkyl halides is 3. The Morgan fingerprint density at radius 3 is 2.59 bits per heavy atom. The smallest absolute Gasteiger partial charge is 0.411 e. The average molecular weight is 257 g/mol. The lowest BCUT2D eigenvalue weighted by Crippen LogP contribution is -2.22. The van der Waals surface area contributed by atoms with E-state index in [9.17, 15) is 18.0 Å². The number of halogens is 3. The maximum atomic E-state index is 11.7. The molecule has 0 aromatic carbocycles. The number of rotatable bonds is 9. The van der Waals surface area contributed by atoms with Crippen LogP contribution < -0.4 is 5.32 Å². The fraction of sp³-hybridized carbons (Fsp3) is 0.900. The quantitative estimate of drug-likeness (QED) is 0.502. The Kier molecular flexibility index (Phi) is 8.79. The first kappa shape index (κ1) is 16.2. The fourth-order valence-corrected chi connectivity index (χ4v) is 1.04. The van der Waals surface area contributed by atoms with E-state index in [0.717, 1.165) is 0 Å². The molecule has 102 valence electrons. The highest BCUT2D eigenvalue weighted by Crippen LogP contribution is 2.14. The molecule has 0 saturated carbocycles. The molecule has 0 heterocycles. The number of hydrogen-bond donors (Lipinski definition) is 1. The Balaban J connectivity index is 3.16. The van der Waals surface area contributed by atoms with Crippen molar-refractivity contribution in [3.05, 3.63) is 0 Å². The van der Waals surface area contributed by atoms with Crippen LogP contribution in [0.3, 0.4) is 0 Å². The predicted molar refractivity (Wildman–Crippen MR) is 55.6 cm³/mol. The third-order valence-corrected chi connectivity index (χ3v) is 1.72. The highest BCUT2D eigenvalue weighted by atomic mass is 19.4. The lowest BCUT2D eigenvalue weighted by atomic mass is 10.4. The van der Waals surface area contributed by atoms with Crippen LogP contribution in [-0.4, -0.2) is 45.1 Å². The van der Waals surface area contributed by atoms with Crippen molar-refractivity contribution in [1.29, 1.82) is 0 Å². The van der Waals surface area contributed by atoms with Crippen LogP contribution in [0.1, 0.15) is 19.8 Å². The Labute approximate surface area is 98.5 Å². The second-order valence-electron chi connectivity index (χ2n) is 3.33. The first-order valence-corrected chi connectivity index (χ1v) is 5.46. The van der Waals surface area contributed by atoms with Crippen molar-refractivity contribution in [2.24, 2.45) is 0 Å². The van der Waals surface area contributed by atoms with Crippen molar-refractivity contribution in [2.75, 3.05) is 32.9 Å². The van der Waals surface area contributed by atoms with Gasteiger partial charge in [0, 0.05) is 13.2 Å². The number of nitrogens with one attached hydrogen (secondary N) is 1. The van der Waals surface area contributed by atoms with Crippen molar-refractivity contribution in [3.8, 4) is 0 Å². The molecule has 0 radical (unpaired) electrons. The number of ether oxygens (including phenoxy) is 2. The van der Waals surface area contributed by atoms with Crippen molar-refractivity contribution in [3.63, 3.8) is 0 Å². The van der Waals surface area contributed by atoms with Crippen LogP contribution in [0.15, 0.2) is 0 Å². The van der Waals surface area contributed by atoms with Gasteiger partial charge in [-0.15, -0.1) is 0 Å². The number of carbonyl (C=O) groups excluding carboxylic acids is 1. The molecular formula is C10H18F3NO3. The molecule has 0 aliphatic rings. The maximum Gasteiger partial charge on any atom is 0.411 e. The molecule has 17 heavy (non-hydrogen) atoms. The second kappa shape index (κ2) is 9.23. The van der Waals surface area contributed by atoms with Gasteiger partial charge >= 0.3 is 12.1 Å². The first-order chi connectivity index (χ1) is 7.95.